The Morgan fingerprint density at radius 1 is 1.29 bits per heavy atom. The predicted molar refractivity (Wildman–Crippen MR) is 84.7 cm³/mol. The fourth-order valence-corrected chi connectivity index (χ4v) is 3.68. The minimum atomic E-state index is -1.21. The summed E-state index contributed by atoms with van der Waals surface area (Å²) >= 11 is 0. The molecule has 7 heteroatoms. The molecule has 0 bridgehead atoms. The van der Waals surface area contributed by atoms with E-state index in [1.807, 2.05) is 0 Å². The maximum Gasteiger partial charge on any atom is 0.325 e. The number of aliphatic carboxylic acids is 1. The zero-order chi connectivity index (χ0) is 17.5. The predicted octanol–water partition coefficient (Wildman–Crippen LogP) is 1.75. The number of rotatable bonds is 3. The highest BCUT2D eigenvalue weighted by Crippen LogP contribution is 2.45. The molecule has 1 atom stereocenters. The topological polar surface area (TPSA) is 109 Å². The van der Waals surface area contributed by atoms with Crippen LogP contribution in [0.2, 0.25) is 0 Å². The van der Waals surface area contributed by atoms with Crippen molar-refractivity contribution in [3.8, 4) is 0 Å². The van der Waals surface area contributed by atoms with Crippen LogP contribution in [0.15, 0.2) is 29.7 Å². The number of carbonyl (C=O) groups is 3. The molecule has 1 aliphatic carbocycles. The van der Waals surface area contributed by atoms with Gasteiger partial charge in [0.2, 0.25) is 5.78 Å². The Morgan fingerprint density at radius 2 is 1.96 bits per heavy atom. The Hall–Kier alpha value is -2.57. The van der Waals surface area contributed by atoms with Crippen LogP contribution in [0.1, 0.15) is 49.5 Å². The lowest BCUT2D eigenvalue weighted by Gasteiger charge is -2.42. The summed E-state index contributed by atoms with van der Waals surface area (Å²) in [4.78, 5) is 36.1. The first-order chi connectivity index (χ1) is 11.4. The number of aliphatic hydroxyl groups is 1. The van der Waals surface area contributed by atoms with Gasteiger partial charge in [0.05, 0.1) is 5.69 Å². The van der Waals surface area contributed by atoms with E-state index in [-0.39, 0.29) is 11.3 Å². The molecular formula is C17H20N2O5. The largest absolute Gasteiger partial charge is 0.509 e. The number of carboxylic acid groups (broad SMARTS) is 1. The minimum absolute atomic E-state index is 0.244. The van der Waals surface area contributed by atoms with Crippen LogP contribution in [0.4, 0.5) is 0 Å². The second-order valence-corrected chi connectivity index (χ2v) is 6.44. The molecule has 1 aromatic rings. The second kappa shape index (κ2) is 5.81. The van der Waals surface area contributed by atoms with Crippen molar-refractivity contribution in [2.45, 2.75) is 50.6 Å². The number of nitrogens with zero attached hydrogens (tertiary/aromatic N) is 1. The molecule has 2 aliphatic rings. The zero-order valence-corrected chi connectivity index (χ0v) is 13.4. The van der Waals surface area contributed by atoms with Gasteiger partial charge >= 0.3 is 5.97 Å². The third-order valence-corrected chi connectivity index (χ3v) is 4.97. The summed E-state index contributed by atoms with van der Waals surface area (Å²) in [6.07, 6.45) is 5.84. The first kappa shape index (κ1) is 16.3. The second-order valence-electron chi connectivity index (χ2n) is 6.44. The van der Waals surface area contributed by atoms with Gasteiger partial charge in [-0.1, -0.05) is 19.3 Å². The highest BCUT2D eigenvalue weighted by atomic mass is 16.4. The molecule has 0 aromatic carbocycles. The number of hydrogen-bond acceptors (Lipinski definition) is 4. The molecule has 1 saturated carbocycles. The van der Waals surface area contributed by atoms with E-state index in [1.54, 1.807) is 22.9 Å². The third kappa shape index (κ3) is 2.31. The van der Waals surface area contributed by atoms with E-state index in [9.17, 15) is 19.5 Å². The molecule has 128 valence electrons. The number of amides is 1. The van der Waals surface area contributed by atoms with Crippen LogP contribution in [0.5, 0.6) is 0 Å². The van der Waals surface area contributed by atoms with Crippen molar-refractivity contribution in [2.75, 3.05) is 0 Å². The van der Waals surface area contributed by atoms with Gasteiger partial charge in [0.25, 0.3) is 5.91 Å². The number of aliphatic hydroxyl groups excluding tert-OH is 1. The van der Waals surface area contributed by atoms with E-state index in [1.165, 1.54) is 6.92 Å². The SMILES string of the molecule is CC(NC(=O)C1=C(O)C2(CCCCC2)n2cccc2C1=O)C(=O)O. The Labute approximate surface area is 139 Å². The lowest BCUT2D eigenvalue weighted by atomic mass is 9.75. The fraction of sp³-hybridized carbons (Fsp3) is 0.471. The first-order valence-corrected chi connectivity index (χ1v) is 8.08. The summed E-state index contributed by atoms with van der Waals surface area (Å²) in [6.45, 7) is 1.31. The summed E-state index contributed by atoms with van der Waals surface area (Å²) in [5.74, 6) is -2.87. The molecule has 1 amide bonds. The molecule has 2 heterocycles. The highest BCUT2D eigenvalue weighted by Gasteiger charge is 2.47. The lowest BCUT2D eigenvalue weighted by Crippen LogP contribution is -2.48. The Morgan fingerprint density at radius 3 is 2.58 bits per heavy atom. The molecule has 1 spiro atoms. The van der Waals surface area contributed by atoms with Crippen LogP contribution in [-0.4, -0.2) is 38.5 Å². The number of carbonyl (C=O) groups excluding carboxylic acids is 2. The Balaban J connectivity index is 2.07. The number of fused-ring (bicyclic) bond motifs is 2. The number of nitrogens with one attached hydrogen (secondary N) is 1. The molecule has 1 aromatic heterocycles. The number of Topliss-reactive ketones (excluding diaryl/α,β-unsaturated/α-hetero) is 1. The van der Waals surface area contributed by atoms with E-state index in [0.717, 1.165) is 19.3 Å². The molecule has 24 heavy (non-hydrogen) atoms. The van der Waals surface area contributed by atoms with E-state index in [2.05, 4.69) is 5.32 Å². The summed E-state index contributed by atoms with van der Waals surface area (Å²) in [6, 6.07) is 2.19. The lowest BCUT2D eigenvalue weighted by molar-refractivity contribution is -0.140. The van der Waals surface area contributed by atoms with Gasteiger partial charge in [0.15, 0.2) is 0 Å². The molecule has 1 fully saturated rings. The number of ketones is 1. The van der Waals surface area contributed by atoms with Gasteiger partial charge in [0.1, 0.15) is 22.9 Å². The number of aromatic nitrogens is 1. The molecule has 3 N–H and O–H groups in total. The standard InChI is InChI=1S/C17H20N2O5/c1-10(16(23)24)18-15(22)12-13(20)11-6-5-9-19(11)17(14(12)21)7-3-2-4-8-17/h5-6,9-10,21H,2-4,7-8H2,1H3,(H,18,22)(H,23,24). The smallest absolute Gasteiger partial charge is 0.325 e. The van der Waals surface area contributed by atoms with Crippen molar-refractivity contribution in [3.63, 3.8) is 0 Å². The van der Waals surface area contributed by atoms with Crippen molar-refractivity contribution < 1.29 is 24.6 Å². The van der Waals surface area contributed by atoms with Crippen LogP contribution in [0.25, 0.3) is 0 Å². The zero-order valence-electron chi connectivity index (χ0n) is 13.4. The molecule has 0 radical (unpaired) electrons. The van der Waals surface area contributed by atoms with Crippen molar-refractivity contribution in [3.05, 3.63) is 35.4 Å². The van der Waals surface area contributed by atoms with Gasteiger partial charge in [-0.15, -0.1) is 0 Å². The van der Waals surface area contributed by atoms with Crippen LogP contribution >= 0.6 is 0 Å². The van der Waals surface area contributed by atoms with Crippen molar-refractivity contribution >= 4 is 17.7 Å². The van der Waals surface area contributed by atoms with E-state index in [0.29, 0.717) is 18.5 Å². The average molecular weight is 332 g/mol. The third-order valence-electron chi connectivity index (χ3n) is 4.97. The van der Waals surface area contributed by atoms with Crippen LogP contribution in [0.3, 0.4) is 0 Å². The summed E-state index contributed by atoms with van der Waals surface area (Å²) in [5, 5.41) is 22.0. The van der Waals surface area contributed by atoms with Crippen LogP contribution in [0, 0.1) is 0 Å². The van der Waals surface area contributed by atoms with Gasteiger partial charge in [-0.25, -0.2) is 0 Å². The van der Waals surface area contributed by atoms with Gasteiger partial charge in [-0.05, 0) is 31.9 Å². The van der Waals surface area contributed by atoms with Gasteiger partial charge in [0, 0.05) is 6.20 Å². The maximum atomic E-state index is 12.7. The molecule has 0 saturated heterocycles. The monoisotopic (exact) mass is 332 g/mol. The van der Waals surface area contributed by atoms with Crippen molar-refractivity contribution in [1.82, 2.24) is 9.88 Å². The van der Waals surface area contributed by atoms with Crippen LogP contribution in [-0.2, 0) is 15.1 Å². The van der Waals surface area contributed by atoms with Crippen LogP contribution < -0.4 is 5.32 Å². The molecule has 7 nitrogen and oxygen atoms in total. The van der Waals surface area contributed by atoms with Gasteiger partial charge in [-0.2, -0.15) is 0 Å². The first-order valence-electron chi connectivity index (χ1n) is 8.08. The van der Waals surface area contributed by atoms with Gasteiger partial charge in [-0.3, -0.25) is 14.4 Å². The highest BCUT2D eigenvalue weighted by molar-refractivity contribution is 6.26. The van der Waals surface area contributed by atoms with Crippen molar-refractivity contribution in [1.29, 1.82) is 0 Å². The average Bonchev–Trinajstić information content (AvgIpc) is 3.05. The van der Waals surface area contributed by atoms with E-state index >= 15 is 0 Å². The quantitative estimate of drug-likeness (QED) is 0.731. The minimum Gasteiger partial charge on any atom is -0.509 e. The number of carboxylic acids is 1. The summed E-state index contributed by atoms with van der Waals surface area (Å²) in [7, 11) is 0. The summed E-state index contributed by atoms with van der Waals surface area (Å²) in [5.41, 5.74) is -0.775. The van der Waals surface area contributed by atoms with E-state index in [4.69, 9.17) is 5.11 Å². The maximum absolute atomic E-state index is 12.7. The Kier molecular flexibility index (Phi) is 3.95. The molecule has 1 unspecified atom stereocenters. The molecular weight excluding hydrogens is 312 g/mol. The van der Waals surface area contributed by atoms with Gasteiger partial charge < -0.3 is 20.1 Å². The number of allylic oxidation sites excluding steroid dienone is 1. The van der Waals surface area contributed by atoms with Crippen molar-refractivity contribution in [2.24, 2.45) is 0 Å². The molecule has 1 aliphatic heterocycles. The fourth-order valence-electron chi connectivity index (χ4n) is 3.68. The summed E-state index contributed by atoms with van der Waals surface area (Å²) < 4.78 is 1.77. The number of hydrogen-bond donors (Lipinski definition) is 3. The molecule has 3 rings (SSSR count). The normalized spacial score (nSPS) is 20.6. The van der Waals surface area contributed by atoms with E-state index < -0.39 is 29.2 Å². The Bertz CT molecular complexity index is 740.